The Labute approximate surface area is 111 Å². The van der Waals surface area contributed by atoms with Gasteiger partial charge in [0.1, 0.15) is 0 Å². The number of methoxy groups -OCH3 is 2. The summed E-state index contributed by atoms with van der Waals surface area (Å²) in [5.41, 5.74) is 1.90. The van der Waals surface area contributed by atoms with Crippen molar-refractivity contribution in [3.05, 3.63) is 35.7 Å². The molecule has 6 nitrogen and oxygen atoms in total. The number of pyridine rings is 1. The quantitative estimate of drug-likeness (QED) is 0.884. The van der Waals surface area contributed by atoms with Crippen molar-refractivity contribution in [2.75, 3.05) is 19.5 Å². The van der Waals surface area contributed by atoms with Gasteiger partial charge in [0.2, 0.25) is 17.7 Å². The fourth-order valence-corrected chi connectivity index (χ4v) is 1.56. The van der Waals surface area contributed by atoms with Gasteiger partial charge in [-0.2, -0.15) is 9.97 Å². The van der Waals surface area contributed by atoms with Crippen LogP contribution in [0.3, 0.4) is 0 Å². The fraction of sp³-hybridized carbons (Fsp3) is 0.308. The number of hydrogen-bond donors (Lipinski definition) is 1. The van der Waals surface area contributed by atoms with E-state index in [2.05, 4.69) is 20.3 Å². The van der Waals surface area contributed by atoms with Gasteiger partial charge in [0, 0.05) is 5.69 Å². The van der Waals surface area contributed by atoms with Gasteiger partial charge in [-0.05, 0) is 19.1 Å². The predicted octanol–water partition coefficient (Wildman–Crippen LogP) is 1.81. The van der Waals surface area contributed by atoms with Crippen molar-refractivity contribution < 1.29 is 9.47 Å². The molecule has 0 aromatic carbocycles. The lowest BCUT2D eigenvalue weighted by Crippen LogP contribution is -2.07. The van der Waals surface area contributed by atoms with Crippen molar-refractivity contribution in [1.82, 2.24) is 15.0 Å². The molecule has 0 saturated carbocycles. The van der Waals surface area contributed by atoms with Gasteiger partial charge in [-0.25, -0.2) is 0 Å². The van der Waals surface area contributed by atoms with E-state index in [1.807, 2.05) is 25.1 Å². The molecule has 0 atom stereocenters. The molecule has 0 aliphatic heterocycles. The summed E-state index contributed by atoms with van der Waals surface area (Å²) in [6.07, 6.45) is 0. The number of hydrogen-bond acceptors (Lipinski definition) is 6. The van der Waals surface area contributed by atoms with Crippen molar-refractivity contribution >= 4 is 5.95 Å². The van der Waals surface area contributed by atoms with Crippen LogP contribution in [-0.4, -0.2) is 29.2 Å². The molecule has 2 aromatic rings. The summed E-state index contributed by atoms with van der Waals surface area (Å²) < 4.78 is 10.2. The zero-order valence-electron chi connectivity index (χ0n) is 11.2. The summed E-state index contributed by atoms with van der Waals surface area (Å²) in [5, 5.41) is 3.09. The molecule has 2 rings (SSSR count). The minimum absolute atomic E-state index is 0.444. The average Bonchev–Trinajstić information content (AvgIpc) is 2.44. The average molecular weight is 260 g/mol. The van der Waals surface area contributed by atoms with Gasteiger partial charge in [0.15, 0.2) is 0 Å². The number of ether oxygens (including phenoxy) is 2. The Hall–Kier alpha value is -2.37. The van der Waals surface area contributed by atoms with Crippen molar-refractivity contribution in [3.8, 4) is 11.8 Å². The molecule has 0 bridgehead atoms. The summed E-state index contributed by atoms with van der Waals surface area (Å²) in [4.78, 5) is 12.8. The summed E-state index contributed by atoms with van der Waals surface area (Å²) in [5.74, 6) is 1.35. The summed E-state index contributed by atoms with van der Waals surface area (Å²) in [6.45, 7) is 2.49. The largest absolute Gasteiger partial charge is 0.481 e. The summed E-state index contributed by atoms with van der Waals surface area (Å²) >= 11 is 0. The Morgan fingerprint density at radius 2 is 1.74 bits per heavy atom. The van der Waals surface area contributed by atoms with E-state index in [1.165, 1.54) is 0 Å². The maximum absolute atomic E-state index is 5.08. The minimum atomic E-state index is 0.444. The molecule has 0 saturated heterocycles. The van der Waals surface area contributed by atoms with Crippen LogP contribution in [0.25, 0.3) is 0 Å². The van der Waals surface area contributed by atoms with E-state index in [1.54, 1.807) is 20.3 Å². The molecule has 0 spiro atoms. The standard InChI is InChI=1S/C13H16N4O2/c1-9-5-4-6-10(15-9)8-14-13-16-11(18-2)7-12(17-13)19-3/h4-7H,8H2,1-3H3,(H,14,16,17). The lowest BCUT2D eigenvalue weighted by atomic mass is 10.3. The Morgan fingerprint density at radius 1 is 1.05 bits per heavy atom. The third kappa shape index (κ3) is 3.54. The number of aromatic nitrogens is 3. The molecular weight excluding hydrogens is 244 g/mol. The Bertz CT molecular complexity index is 538. The van der Waals surface area contributed by atoms with Crippen LogP contribution in [0.4, 0.5) is 5.95 Å². The van der Waals surface area contributed by atoms with Crippen LogP contribution >= 0.6 is 0 Å². The molecule has 0 unspecified atom stereocenters. The molecule has 0 aliphatic rings. The Kier molecular flexibility index (Phi) is 4.12. The first-order valence-corrected chi connectivity index (χ1v) is 5.84. The second-order valence-corrected chi connectivity index (χ2v) is 3.90. The van der Waals surface area contributed by atoms with Crippen LogP contribution in [0.5, 0.6) is 11.8 Å². The molecule has 0 aliphatic carbocycles. The highest BCUT2D eigenvalue weighted by atomic mass is 16.5. The molecule has 2 heterocycles. The molecule has 2 aromatic heterocycles. The highest BCUT2D eigenvalue weighted by Crippen LogP contribution is 2.17. The van der Waals surface area contributed by atoms with Crippen LogP contribution in [0, 0.1) is 6.92 Å². The van der Waals surface area contributed by atoms with Crippen molar-refractivity contribution in [2.24, 2.45) is 0 Å². The van der Waals surface area contributed by atoms with Crippen LogP contribution in [0.2, 0.25) is 0 Å². The molecule has 1 N–H and O–H groups in total. The number of aryl methyl sites for hydroxylation is 1. The van der Waals surface area contributed by atoms with Gasteiger partial charge >= 0.3 is 0 Å². The summed E-state index contributed by atoms with van der Waals surface area (Å²) in [6, 6.07) is 7.48. The van der Waals surface area contributed by atoms with Gasteiger partial charge in [0.05, 0.1) is 32.5 Å². The van der Waals surface area contributed by atoms with E-state index < -0.39 is 0 Å². The van der Waals surface area contributed by atoms with E-state index in [-0.39, 0.29) is 0 Å². The first-order chi connectivity index (χ1) is 9.21. The molecule has 0 fully saturated rings. The second-order valence-electron chi connectivity index (χ2n) is 3.90. The molecule has 19 heavy (non-hydrogen) atoms. The van der Waals surface area contributed by atoms with Gasteiger partial charge < -0.3 is 14.8 Å². The van der Waals surface area contributed by atoms with E-state index in [9.17, 15) is 0 Å². The van der Waals surface area contributed by atoms with Crippen molar-refractivity contribution in [1.29, 1.82) is 0 Å². The number of nitrogens with one attached hydrogen (secondary N) is 1. The topological polar surface area (TPSA) is 69.2 Å². The summed E-state index contributed by atoms with van der Waals surface area (Å²) in [7, 11) is 3.10. The third-order valence-electron chi connectivity index (χ3n) is 2.47. The van der Waals surface area contributed by atoms with Gasteiger partial charge in [-0.1, -0.05) is 6.07 Å². The second kappa shape index (κ2) is 5.99. The molecule has 0 radical (unpaired) electrons. The molecule has 100 valence electrons. The lowest BCUT2D eigenvalue weighted by molar-refractivity contribution is 0.373. The fourth-order valence-electron chi connectivity index (χ4n) is 1.56. The third-order valence-corrected chi connectivity index (χ3v) is 2.47. The zero-order chi connectivity index (χ0) is 13.7. The van der Waals surface area contributed by atoms with Gasteiger partial charge in [-0.15, -0.1) is 0 Å². The Morgan fingerprint density at radius 3 is 2.32 bits per heavy atom. The minimum Gasteiger partial charge on any atom is -0.481 e. The zero-order valence-corrected chi connectivity index (χ0v) is 11.2. The Balaban J connectivity index is 2.10. The smallest absolute Gasteiger partial charge is 0.229 e. The monoisotopic (exact) mass is 260 g/mol. The maximum Gasteiger partial charge on any atom is 0.229 e. The van der Waals surface area contributed by atoms with Crippen molar-refractivity contribution in [2.45, 2.75) is 13.5 Å². The van der Waals surface area contributed by atoms with E-state index in [4.69, 9.17) is 9.47 Å². The van der Waals surface area contributed by atoms with Crippen LogP contribution in [0.1, 0.15) is 11.4 Å². The lowest BCUT2D eigenvalue weighted by Gasteiger charge is -2.08. The highest BCUT2D eigenvalue weighted by Gasteiger charge is 2.05. The van der Waals surface area contributed by atoms with Crippen molar-refractivity contribution in [3.63, 3.8) is 0 Å². The first kappa shape index (κ1) is 13.1. The highest BCUT2D eigenvalue weighted by molar-refractivity contribution is 5.34. The number of anilines is 1. The van der Waals surface area contributed by atoms with E-state index in [0.717, 1.165) is 11.4 Å². The molecule has 6 heteroatoms. The normalized spacial score (nSPS) is 10.1. The van der Waals surface area contributed by atoms with E-state index in [0.29, 0.717) is 24.3 Å². The van der Waals surface area contributed by atoms with E-state index >= 15 is 0 Å². The molecular formula is C13H16N4O2. The van der Waals surface area contributed by atoms with Gasteiger partial charge in [0.25, 0.3) is 0 Å². The van der Waals surface area contributed by atoms with Crippen LogP contribution in [-0.2, 0) is 6.54 Å². The maximum atomic E-state index is 5.08. The van der Waals surface area contributed by atoms with Gasteiger partial charge in [-0.3, -0.25) is 4.98 Å². The number of nitrogens with zero attached hydrogens (tertiary/aromatic N) is 3. The van der Waals surface area contributed by atoms with Crippen LogP contribution < -0.4 is 14.8 Å². The molecule has 0 amide bonds. The SMILES string of the molecule is COc1cc(OC)nc(NCc2cccc(C)n2)n1. The predicted molar refractivity (Wildman–Crippen MR) is 71.4 cm³/mol. The van der Waals surface area contributed by atoms with Crippen LogP contribution in [0.15, 0.2) is 24.3 Å². The number of rotatable bonds is 5. The first-order valence-electron chi connectivity index (χ1n) is 5.84.